The van der Waals surface area contributed by atoms with Crippen molar-refractivity contribution < 1.29 is 4.74 Å². The topological polar surface area (TPSA) is 35.0 Å². The van der Waals surface area contributed by atoms with Crippen molar-refractivity contribution >= 4 is 23.2 Å². The number of rotatable bonds is 3. The van der Waals surface area contributed by atoms with E-state index in [4.69, 9.17) is 27.9 Å². The van der Waals surface area contributed by atoms with Gasteiger partial charge < -0.3 is 4.74 Å². The molecule has 0 aliphatic rings. The zero-order valence-corrected chi connectivity index (χ0v) is 10.7. The third kappa shape index (κ3) is 3.08. The summed E-state index contributed by atoms with van der Waals surface area (Å²) in [5.41, 5.74) is 1.03. The third-order valence-electron chi connectivity index (χ3n) is 2.23. The second-order valence-corrected chi connectivity index (χ2v) is 4.20. The van der Waals surface area contributed by atoms with E-state index in [1.807, 2.05) is 13.0 Å². The highest BCUT2D eigenvalue weighted by Gasteiger charge is 2.03. The monoisotopic (exact) mass is 268 g/mol. The van der Waals surface area contributed by atoms with Crippen molar-refractivity contribution in [3.63, 3.8) is 0 Å². The molecule has 0 saturated heterocycles. The predicted molar refractivity (Wildman–Crippen MR) is 67.9 cm³/mol. The summed E-state index contributed by atoms with van der Waals surface area (Å²) >= 11 is 11.7. The molecule has 0 amide bonds. The summed E-state index contributed by atoms with van der Waals surface area (Å²) in [5, 5.41) is 8.59. The Morgan fingerprint density at radius 1 is 1.12 bits per heavy atom. The van der Waals surface area contributed by atoms with E-state index in [0.717, 1.165) is 17.0 Å². The van der Waals surface area contributed by atoms with Crippen LogP contribution in [-0.2, 0) is 6.42 Å². The lowest BCUT2D eigenvalue weighted by Crippen LogP contribution is -1.91. The highest BCUT2D eigenvalue weighted by Crippen LogP contribution is 2.25. The number of hydrogen-bond donors (Lipinski definition) is 0. The fourth-order valence-corrected chi connectivity index (χ4v) is 1.72. The number of aryl methyl sites for hydroxylation is 1. The largest absolute Gasteiger partial charge is 0.438 e. The highest BCUT2D eigenvalue weighted by molar-refractivity contribution is 6.31. The van der Waals surface area contributed by atoms with Gasteiger partial charge in [-0.1, -0.05) is 30.1 Å². The van der Waals surface area contributed by atoms with Crippen LogP contribution in [0.3, 0.4) is 0 Å². The molecule has 3 nitrogen and oxygen atoms in total. The van der Waals surface area contributed by atoms with Gasteiger partial charge in [0.1, 0.15) is 5.75 Å². The number of benzene rings is 1. The number of nitrogens with zero attached hydrogens (tertiary/aromatic N) is 2. The van der Waals surface area contributed by atoms with E-state index in [2.05, 4.69) is 10.2 Å². The summed E-state index contributed by atoms with van der Waals surface area (Å²) in [6.45, 7) is 2.03. The Kier molecular flexibility index (Phi) is 3.82. The van der Waals surface area contributed by atoms with Crippen LogP contribution < -0.4 is 4.74 Å². The van der Waals surface area contributed by atoms with Gasteiger partial charge in [0.15, 0.2) is 5.15 Å². The Morgan fingerprint density at radius 2 is 1.94 bits per heavy atom. The van der Waals surface area contributed by atoms with Gasteiger partial charge in [0, 0.05) is 11.1 Å². The van der Waals surface area contributed by atoms with Crippen LogP contribution in [0.5, 0.6) is 11.6 Å². The second-order valence-electron chi connectivity index (χ2n) is 3.40. The number of ether oxygens (including phenoxy) is 1. The molecule has 0 fully saturated rings. The molecule has 0 atom stereocenters. The van der Waals surface area contributed by atoms with Gasteiger partial charge in [-0.05, 0) is 36.2 Å². The standard InChI is InChI=1S/C12H10Cl2N2O/c1-2-8-7-9(3-4-10(8)13)17-12-6-5-11(14)15-16-12/h3-7H,2H2,1H3. The normalized spacial score (nSPS) is 10.3. The first-order valence-electron chi connectivity index (χ1n) is 5.14. The number of aromatic nitrogens is 2. The van der Waals surface area contributed by atoms with Crippen molar-refractivity contribution in [2.45, 2.75) is 13.3 Å². The lowest BCUT2D eigenvalue weighted by molar-refractivity contribution is 0.454. The minimum absolute atomic E-state index is 0.336. The van der Waals surface area contributed by atoms with Gasteiger partial charge in [-0.3, -0.25) is 0 Å². The molecule has 0 spiro atoms. The second kappa shape index (κ2) is 5.34. The molecule has 2 aromatic rings. The molecule has 1 aromatic heterocycles. The van der Waals surface area contributed by atoms with E-state index in [0.29, 0.717) is 16.8 Å². The maximum absolute atomic E-state index is 6.02. The molecular weight excluding hydrogens is 259 g/mol. The van der Waals surface area contributed by atoms with Crippen molar-refractivity contribution in [1.82, 2.24) is 10.2 Å². The van der Waals surface area contributed by atoms with E-state index < -0.39 is 0 Å². The SMILES string of the molecule is CCc1cc(Oc2ccc(Cl)nn2)ccc1Cl. The smallest absolute Gasteiger partial charge is 0.238 e. The van der Waals surface area contributed by atoms with Gasteiger partial charge >= 0.3 is 0 Å². The molecule has 0 bridgehead atoms. The summed E-state index contributed by atoms with van der Waals surface area (Å²) in [6, 6.07) is 8.77. The molecule has 2 rings (SSSR count). The van der Waals surface area contributed by atoms with Crippen molar-refractivity contribution in [3.05, 3.63) is 46.1 Å². The highest BCUT2D eigenvalue weighted by atomic mass is 35.5. The molecule has 1 heterocycles. The van der Waals surface area contributed by atoms with Crippen molar-refractivity contribution in [2.75, 3.05) is 0 Å². The lowest BCUT2D eigenvalue weighted by atomic mass is 10.1. The first-order valence-corrected chi connectivity index (χ1v) is 5.90. The molecule has 0 N–H and O–H groups in total. The van der Waals surface area contributed by atoms with Crippen LogP contribution in [0.1, 0.15) is 12.5 Å². The van der Waals surface area contributed by atoms with E-state index in [-0.39, 0.29) is 0 Å². The van der Waals surface area contributed by atoms with Gasteiger partial charge in [-0.2, -0.15) is 0 Å². The summed E-state index contributed by atoms with van der Waals surface area (Å²) in [5.74, 6) is 1.08. The average Bonchev–Trinajstić information content (AvgIpc) is 2.34. The molecule has 0 saturated carbocycles. The molecule has 0 aliphatic heterocycles. The van der Waals surface area contributed by atoms with Gasteiger partial charge in [-0.15, -0.1) is 10.2 Å². The zero-order chi connectivity index (χ0) is 12.3. The van der Waals surface area contributed by atoms with Crippen molar-refractivity contribution in [2.24, 2.45) is 0 Å². The van der Waals surface area contributed by atoms with Crippen LogP contribution in [0.4, 0.5) is 0 Å². The summed E-state index contributed by atoms with van der Waals surface area (Å²) in [6.07, 6.45) is 0.850. The third-order valence-corrected chi connectivity index (χ3v) is 2.80. The Balaban J connectivity index is 2.21. The van der Waals surface area contributed by atoms with Gasteiger partial charge in [-0.25, -0.2) is 0 Å². The molecule has 88 valence electrons. The van der Waals surface area contributed by atoms with Crippen molar-refractivity contribution in [1.29, 1.82) is 0 Å². The molecule has 5 heteroatoms. The fourth-order valence-electron chi connectivity index (χ4n) is 1.36. The number of hydrogen-bond acceptors (Lipinski definition) is 3. The minimum Gasteiger partial charge on any atom is -0.438 e. The van der Waals surface area contributed by atoms with Crippen LogP contribution in [-0.4, -0.2) is 10.2 Å². The Labute approximate surface area is 109 Å². The molecular formula is C12H10Cl2N2O. The van der Waals surface area contributed by atoms with Crippen LogP contribution in [0.2, 0.25) is 10.2 Å². The quantitative estimate of drug-likeness (QED) is 0.839. The van der Waals surface area contributed by atoms with Crippen LogP contribution in [0, 0.1) is 0 Å². The maximum atomic E-state index is 6.02. The fraction of sp³-hybridized carbons (Fsp3) is 0.167. The molecule has 1 aromatic carbocycles. The van der Waals surface area contributed by atoms with Gasteiger partial charge in [0.2, 0.25) is 5.88 Å². The van der Waals surface area contributed by atoms with Crippen LogP contribution in [0.15, 0.2) is 30.3 Å². The van der Waals surface area contributed by atoms with E-state index in [9.17, 15) is 0 Å². The predicted octanol–water partition coefficient (Wildman–Crippen LogP) is 4.14. The van der Waals surface area contributed by atoms with Gasteiger partial charge in [0.25, 0.3) is 0 Å². The van der Waals surface area contributed by atoms with Crippen LogP contribution in [0.25, 0.3) is 0 Å². The van der Waals surface area contributed by atoms with E-state index >= 15 is 0 Å². The molecule has 0 radical (unpaired) electrons. The number of halogens is 2. The average molecular weight is 269 g/mol. The Morgan fingerprint density at radius 3 is 2.59 bits per heavy atom. The molecule has 0 aliphatic carbocycles. The van der Waals surface area contributed by atoms with Crippen LogP contribution >= 0.6 is 23.2 Å². The first kappa shape index (κ1) is 12.1. The van der Waals surface area contributed by atoms with E-state index in [1.165, 1.54) is 0 Å². The zero-order valence-electron chi connectivity index (χ0n) is 9.15. The molecule has 0 unspecified atom stereocenters. The first-order chi connectivity index (χ1) is 8.19. The molecule has 17 heavy (non-hydrogen) atoms. The summed E-state index contributed by atoms with van der Waals surface area (Å²) in [7, 11) is 0. The van der Waals surface area contributed by atoms with Crippen molar-refractivity contribution in [3.8, 4) is 11.6 Å². The Hall–Kier alpha value is -1.32. The van der Waals surface area contributed by atoms with E-state index in [1.54, 1.807) is 24.3 Å². The Bertz CT molecular complexity index is 514. The minimum atomic E-state index is 0.336. The van der Waals surface area contributed by atoms with Gasteiger partial charge in [0.05, 0.1) is 0 Å². The maximum Gasteiger partial charge on any atom is 0.238 e. The summed E-state index contributed by atoms with van der Waals surface area (Å²) < 4.78 is 5.54. The lowest BCUT2D eigenvalue weighted by Gasteiger charge is -2.06. The summed E-state index contributed by atoms with van der Waals surface area (Å²) in [4.78, 5) is 0.